The molecule has 0 spiro atoms. The number of fused-ring (bicyclic) bond motifs is 6. The molecule has 3 nitrogen and oxygen atoms in total. The normalized spacial score (nSPS) is 12.1. The van der Waals surface area contributed by atoms with Gasteiger partial charge in [-0.2, -0.15) is 0 Å². The minimum absolute atomic E-state index is 0. The Morgan fingerprint density at radius 2 is 1.46 bits per heavy atom. The van der Waals surface area contributed by atoms with E-state index < -0.39 is 0 Å². The summed E-state index contributed by atoms with van der Waals surface area (Å²) in [7, 11) is 0. The molecule has 1 N–H and O–H groups in total. The van der Waals surface area contributed by atoms with Crippen molar-refractivity contribution in [1.82, 2.24) is 4.98 Å². The number of pyridine rings is 1. The zero-order chi connectivity index (χ0) is 32.1. The SMILES string of the molecule is CC(C)CC(=O)/C=C(\O)CC(C)C.CC(C)c1ccc2c(-c3[c-]cc4c(c3)-c3ccccc3-c3ccccc3S4)nccc2c1.[Ir]. The third-order valence-corrected chi connectivity index (χ3v) is 8.93. The van der Waals surface area contributed by atoms with Gasteiger partial charge in [-0.15, -0.1) is 35.5 Å². The molecule has 5 heteroatoms. The van der Waals surface area contributed by atoms with Gasteiger partial charge in [-0.3, -0.25) is 4.79 Å². The van der Waals surface area contributed by atoms with E-state index in [9.17, 15) is 9.90 Å². The van der Waals surface area contributed by atoms with Crippen LogP contribution in [0.3, 0.4) is 0 Å². The summed E-state index contributed by atoms with van der Waals surface area (Å²) in [6, 6.07) is 34.2. The van der Waals surface area contributed by atoms with E-state index in [0.29, 0.717) is 30.6 Å². The van der Waals surface area contributed by atoms with Gasteiger partial charge < -0.3 is 10.1 Å². The number of carbonyl (C=O) groups is 1. The molecular formula is C41H42IrNO2S-. The van der Waals surface area contributed by atoms with Crippen LogP contribution in [0.2, 0.25) is 0 Å². The first-order valence-electron chi connectivity index (χ1n) is 15.8. The molecule has 5 aromatic rings. The third-order valence-electron chi connectivity index (χ3n) is 7.79. The molecule has 6 rings (SSSR count). The topological polar surface area (TPSA) is 50.2 Å². The number of benzene rings is 4. The smallest absolute Gasteiger partial charge is 0.159 e. The summed E-state index contributed by atoms with van der Waals surface area (Å²) >= 11 is 1.82. The summed E-state index contributed by atoms with van der Waals surface area (Å²) in [5.74, 6) is 1.48. The van der Waals surface area contributed by atoms with Crippen molar-refractivity contribution < 1.29 is 30.0 Å². The molecule has 0 bridgehead atoms. The summed E-state index contributed by atoms with van der Waals surface area (Å²) in [5, 5.41) is 11.7. The number of rotatable bonds is 7. The average molecular weight is 805 g/mol. The van der Waals surface area contributed by atoms with Gasteiger partial charge in [-0.1, -0.05) is 113 Å². The first-order chi connectivity index (χ1) is 21.6. The minimum atomic E-state index is 0. The van der Waals surface area contributed by atoms with Crippen LogP contribution < -0.4 is 0 Å². The second-order valence-electron chi connectivity index (χ2n) is 12.9. The molecule has 1 aliphatic heterocycles. The van der Waals surface area contributed by atoms with Crippen LogP contribution in [-0.4, -0.2) is 15.9 Å². The van der Waals surface area contributed by atoms with E-state index in [1.807, 2.05) is 45.7 Å². The largest absolute Gasteiger partial charge is 0.512 e. The number of aliphatic hydroxyl groups is 1. The van der Waals surface area contributed by atoms with Gasteiger partial charge in [0.1, 0.15) is 0 Å². The fraction of sp³-hybridized carbons (Fsp3) is 0.268. The Kier molecular flexibility index (Phi) is 12.2. The molecule has 0 aliphatic carbocycles. The molecule has 1 radical (unpaired) electrons. The predicted octanol–water partition coefficient (Wildman–Crippen LogP) is 11.7. The van der Waals surface area contributed by atoms with Gasteiger partial charge in [0.25, 0.3) is 0 Å². The van der Waals surface area contributed by atoms with Gasteiger partial charge in [-0.25, -0.2) is 0 Å². The van der Waals surface area contributed by atoms with Crippen molar-refractivity contribution in [2.24, 2.45) is 11.8 Å². The molecule has 46 heavy (non-hydrogen) atoms. The molecule has 239 valence electrons. The van der Waals surface area contributed by atoms with Crippen LogP contribution in [0.15, 0.2) is 113 Å². The number of nitrogens with zero attached hydrogens (tertiary/aromatic N) is 1. The van der Waals surface area contributed by atoms with Crippen molar-refractivity contribution in [3.8, 4) is 33.5 Å². The van der Waals surface area contributed by atoms with Gasteiger partial charge >= 0.3 is 0 Å². The van der Waals surface area contributed by atoms with Gasteiger partial charge in [0.15, 0.2) is 5.78 Å². The maximum Gasteiger partial charge on any atom is 0.159 e. The van der Waals surface area contributed by atoms with E-state index >= 15 is 0 Å². The van der Waals surface area contributed by atoms with Crippen LogP contribution in [0.5, 0.6) is 0 Å². The van der Waals surface area contributed by atoms with Gasteiger partial charge in [0, 0.05) is 50.1 Å². The van der Waals surface area contributed by atoms with Crippen LogP contribution >= 0.6 is 11.8 Å². The van der Waals surface area contributed by atoms with E-state index in [1.165, 1.54) is 54.5 Å². The molecule has 0 fully saturated rings. The van der Waals surface area contributed by atoms with Gasteiger partial charge in [-0.05, 0) is 68.6 Å². The zero-order valence-corrected chi connectivity index (χ0v) is 30.6. The molecule has 1 aromatic heterocycles. The van der Waals surface area contributed by atoms with Crippen molar-refractivity contribution in [3.63, 3.8) is 0 Å². The van der Waals surface area contributed by atoms with Crippen LogP contribution in [0.1, 0.15) is 65.9 Å². The Bertz CT molecular complexity index is 1860. The Morgan fingerprint density at radius 3 is 2.13 bits per heavy atom. The molecular weight excluding hydrogens is 763 g/mol. The molecule has 2 heterocycles. The molecule has 0 atom stereocenters. The summed E-state index contributed by atoms with van der Waals surface area (Å²) in [5.41, 5.74) is 8.45. The number of hydrogen-bond acceptors (Lipinski definition) is 4. The molecule has 0 amide bonds. The van der Waals surface area contributed by atoms with Crippen molar-refractivity contribution in [2.75, 3.05) is 0 Å². The van der Waals surface area contributed by atoms with Crippen LogP contribution in [0.25, 0.3) is 44.3 Å². The second kappa shape index (κ2) is 15.9. The van der Waals surface area contributed by atoms with Crippen molar-refractivity contribution >= 4 is 28.3 Å². The third kappa shape index (κ3) is 8.45. The molecule has 4 aromatic carbocycles. The first-order valence-corrected chi connectivity index (χ1v) is 16.7. The Hall–Kier alpha value is -3.50. The predicted molar refractivity (Wildman–Crippen MR) is 190 cm³/mol. The van der Waals surface area contributed by atoms with E-state index in [-0.39, 0.29) is 31.6 Å². The van der Waals surface area contributed by atoms with Crippen molar-refractivity contribution in [2.45, 2.75) is 70.1 Å². The fourth-order valence-corrected chi connectivity index (χ4v) is 6.72. The number of aliphatic hydroxyl groups excluding tert-OH is 1. The Morgan fingerprint density at radius 1 is 0.804 bits per heavy atom. The molecule has 1 aliphatic rings. The maximum atomic E-state index is 11.2. The minimum Gasteiger partial charge on any atom is -0.512 e. The zero-order valence-electron chi connectivity index (χ0n) is 27.4. The molecule has 0 unspecified atom stereocenters. The number of ketones is 1. The van der Waals surface area contributed by atoms with Crippen molar-refractivity contribution in [1.29, 1.82) is 0 Å². The van der Waals surface area contributed by atoms with Gasteiger partial charge in [0.2, 0.25) is 0 Å². The Balaban J connectivity index is 0.000000295. The number of aromatic nitrogens is 1. The monoisotopic (exact) mass is 805 g/mol. The van der Waals surface area contributed by atoms with Crippen molar-refractivity contribution in [3.05, 3.63) is 115 Å². The standard InChI is InChI=1S/C30H22NS.C11H20O2.Ir/c1-19(2)20-11-13-23-21(17-20)15-16-31-30(23)22-12-14-29-27(18-22)25-8-4-3-7-24(25)26-9-5-6-10-28(26)32-29;1-8(2)5-10(12)7-11(13)6-9(3)4;/h3-11,13-19H,1-2H3;7-9,12H,5-6H2,1-4H3;/q-1;;/b;10-7-;. The quantitative estimate of drug-likeness (QED) is 0.0992. The second-order valence-corrected chi connectivity index (χ2v) is 13.9. The summed E-state index contributed by atoms with van der Waals surface area (Å²) in [6.07, 6.45) is 4.38. The summed E-state index contributed by atoms with van der Waals surface area (Å²) in [4.78, 5) is 18.5. The number of carbonyl (C=O) groups excluding carboxylic acids is 1. The van der Waals surface area contributed by atoms with Crippen LogP contribution in [-0.2, 0) is 24.9 Å². The van der Waals surface area contributed by atoms with E-state index in [1.54, 1.807) is 0 Å². The number of hydrogen-bond donors (Lipinski definition) is 1. The van der Waals surface area contributed by atoms with E-state index in [4.69, 9.17) is 4.98 Å². The van der Waals surface area contributed by atoms with E-state index in [0.717, 1.165) is 11.3 Å². The fourth-order valence-electron chi connectivity index (χ4n) is 5.65. The van der Waals surface area contributed by atoms with E-state index in [2.05, 4.69) is 105 Å². The summed E-state index contributed by atoms with van der Waals surface area (Å²) in [6.45, 7) is 12.5. The first kappa shape index (κ1) is 35.4. The number of allylic oxidation sites excluding steroid dienone is 2. The molecule has 0 saturated carbocycles. The summed E-state index contributed by atoms with van der Waals surface area (Å²) < 4.78 is 0. The Labute approximate surface area is 291 Å². The molecule has 0 saturated heterocycles. The average Bonchev–Trinajstić information content (AvgIpc) is 3.14. The van der Waals surface area contributed by atoms with Crippen LogP contribution in [0.4, 0.5) is 0 Å². The van der Waals surface area contributed by atoms with Crippen LogP contribution in [0, 0.1) is 17.9 Å². The van der Waals surface area contributed by atoms with Gasteiger partial charge in [0.05, 0.1) is 5.76 Å². The maximum absolute atomic E-state index is 11.2.